The SMILES string of the molecule is Cc1nc2ncc(-c3ccn4nc(C5(N)CCC(N)CC5)ncc34)cc2n1C1CC(F)(F)C1. The highest BCUT2D eigenvalue weighted by Crippen LogP contribution is 2.47. The third kappa shape index (κ3) is 3.31. The van der Waals surface area contributed by atoms with Gasteiger partial charge < -0.3 is 16.0 Å². The molecule has 172 valence electrons. The van der Waals surface area contributed by atoms with Crippen molar-refractivity contribution in [1.29, 1.82) is 0 Å². The van der Waals surface area contributed by atoms with E-state index in [4.69, 9.17) is 16.6 Å². The fourth-order valence-electron chi connectivity index (χ4n) is 5.26. The molecule has 0 amide bonds. The Morgan fingerprint density at radius 2 is 1.85 bits per heavy atom. The van der Waals surface area contributed by atoms with Crippen molar-refractivity contribution in [2.75, 3.05) is 0 Å². The van der Waals surface area contributed by atoms with Crippen molar-refractivity contribution >= 4 is 16.7 Å². The van der Waals surface area contributed by atoms with E-state index in [1.165, 1.54) is 0 Å². The number of alkyl halides is 2. The van der Waals surface area contributed by atoms with Crippen LogP contribution in [0.25, 0.3) is 27.8 Å². The Morgan fingerprint density at radius 3 is 2.58 bits per heavy atom. The average molecular weight is 453 g/mol. The van der Waals surface area contributed by atoms with Crippen molar-refractivity contribution in [3.8, 4) is 11.1 Å². The number of nitrogens with two attached hydrogens (primary N) is 2. The largest absolute Gasteiger partial charge is 0.328 e. The Morgan fingerprint density at radius 1 is 1.09 bits per heavy atom. The van der Waals surface area contributed by atoms with Gasteiger partial charge in [-0.25, -0.2) is 28.2 Å². The molecule has 4 heterocycles. The van der Waals surface area contributed by atoms with Crippen LogP contribution in [0.1, 0.15) is 56.2 Å². The molecule has 0 aromatic carbocycles. The van der Waals surface area contributed by atoms with Crippen LogP contribution < -0.4 is 11.5 Å². The number of hydrogen-bond donors (Lipinski definition) is 2. The second-order valence-electron chi connectivity index (χ2n) is 9.65. The zero-order valence-electron chi connectivity index (χ0n) is 18.4. The molecule has 6 rings (SSSR count). The molecule has 0 radical (unpaired) electrons. The minimum atomic E-state index is -2.60. The number of hydrogen-bond acceptors (Lipinski definition) is 6. The van der Waals surface area contributed by atoms with Gasteiger partial charge in [-0.05, 0) is 44.7 Å². The molecule has 0 atom stereocenters. The van der Waals surface area contributed by atoms with Gasteiger partial charge >= 0.3 is 0 Å². The molecule has 4 N–H and O–H groups in total. The Kier molecular flexibility index (Phi) is 4.38. The highest BCUT2D eigenvalue weighted by atomic mass is 19.3. The second-order valence-corrected chi connectivity index (χ2v) is 9.65. The fourth-order valence-corrected chi connectivity index (χ4v) is 5.26. The van der Waals surface area contributed by atoms with Crippen molar-refractivity contribution in [2.24, 2.45) is 11.5 Å². The van der Waals surface area contributed by atoms with E-state index < -0.39 is 11.5 Å². The van der Waals surface area contributed by atoms with E-state index >= 15 is 0 Å². The van der Waals surface area contributed by atoms with Crippen molar-refractivity contribution in [3.63, 3.8) is 0 Å². The van der Waals surface area contributed by atoms with Crippen molar-refractivity contribution in [3.05, 3.63) is 42.4 Å². The first-order valence-electron chi connectivity index (χ1n) is 11.3. The van der Waals surface area contributed by atoms with E-state index in [9.17, 15) is 8.78 Å². The minimum Gasteiger partial charge on any atom is -0.328 e. The van der Waals surface area contributed by atoms with Crippen LogP contribution in [-0.2, 0) is 5.54 Å². The first kappa shape index (κ1) is 20.6. The van der Waals surface area contributed by atoms with Gasteiger partial charge in [-0.1, -0.05) is 0 Å². The van der Waals surface area contributed by atoms with E-state index in [1.54, 1.807) is 16.9 Å². The Bertz CT molecular complexity index is 1360. The van der Waals surface area contributed by atoms with Crippen LogP contribution in [0.5, 0.6) is 0 Å². The molecule has 10 heteroatoms. The Balaban J connectivity index is 1.38. The molecule has 2 saturated carbocycles. The van der Waals surface area contributed by atoms with Crippen LogP contribution >= 0.6 is 0 Å². The normalized spacial score (nSPS) is 25.5. The molecule has 33 heavy (non-hydrogen) atoms. The molecule has 0 saturated heterocycles. The summed E-state index contributed by atoms with van der Waals surface area (Å²) in [6.45, 7) is 1.84. The van der Waals surface area contributed by atoms with E-state index in [0.29, 0.717) is 17.3 Å². The number of halogens is 2. The molecule has 2 aliphatic carbocycles. The number of aryl methyl sites for hydroxylation is 1. The lowest BCUT2D eigenvalue weighted by molar-refractivity contribution is -0.103. The van der Waals surface area contributed by atoms with Gasteiger partial charge in [0, 0.05) is 48.4 Å². The number of aromatic nitrogens is 6. The van der Waals surface area contributed by atoms with Crippen molar-refractivity contribution in [2.45, 2.75) is 69.0 Å². The maximum absolute atomic E-state index is 13.5. The van der Waals surface area contributed by atoms with Crippen LogP contribution in [0.2, 0.25) is 0 Å². The quantitative estimate of drug-likeness (QED) is 0.492. The molecule has 0 spiro atoms. The summed E-state index contributed by atoms with van der Waals surface area (Å²) >= 11 is 0. The van der Waals surface area contributed by atoms with Crippen LogP contribution in [-0.4, -0.2) is 41.1 Å². The first-order chi connectivity index (χ1) is 15.7. The highest BCUT2D eigenvalue weighted by Gasteiger charge is 2.47. The van der Waals surface area contributed by atoms with Gasteiger partial charge in [0.15, 0.2) is 11.5 Å². The average Bonchev–Trinajstić information content (AvgIpc) is 3.33. The third-order valence-electron chi connectivity index (χ3n) is 7.25. The number of fused-ring (bicyclic) bond motifs is 2. The van der Waals surface area contributed by atoms with Gasteiger partial charge in [-0.2, -0.15) is 5.10 Å². The summed E-state index contributed by atoms with van der Waals surface area (Å²) in [5, 5.41) is 4.71. The topological polar surface area (TPSA) is 113 Å². The number of pyridine rings is 1. The van der Waals surface area contributed by atoms with Crippen LogP contribution in [0.15, 0.2) is 30.7 Å². The van der Waals surface area contributed by atoms with Crippen molar-refractivity contribution < 1.29 is 8.78 Å². The predicted octanol–water partition coefficient (Wildman–Crippen LogP) is 3.47. The molecule has 2 aliphatic rings. The van der Waals surface area contributed by atoms with Crippen molar-refractivity contribution in [1.82, 2.24) is 29.1 Å². The standard InChI is InChI=1S/C23H26F2N8/c1-13-30-20-18(33(13)16-9-23(24,25)10-16)8-14(11-28-20)17-4-7-32-19(17)12-29-21(31-32)22(27)5-2-15(26)3-6-22/h4,7-8,11-12,15-16H,2-3,5-6,9-10,26-27H2,1H3. The summed E-state index contributed by atoms with van der Waals surface area (Å²) in [6.07, 6.45) is 8.34. The van der Waals surface area contributed by atoms with Gasteiger partial charge in [-0.3, -0.25) is 0 Å². The summed E-state index contributed by atoms with van der Waals surface area (Å²) in [7, 11) is 0. The van der Waals surface area contributed by atoms with Gasteiger partial charge in [0.25, 0.3) is 5.92 Å². The molecule has 8 nitrogen and oxygen atoms in total. The zero-order valence-corrected chi connectivity index (χ0v) is 18.4. The molecule has 0 aliphatic heterocycles. The highest BCUT2D eigenvalue weighted by molar-refractivity contribution is 5.85. The predicted molar refractivity (Wildman–Crippen MR) is 120 cm³/mol. The summed E-state index contributed by atoms with van der Waals surface area (Å²) in [5.74, 6) is -1.28. The maximum Gasteiger partial charge on any atom is 0.252 e. The van der Waals surface area contributed by atoms with E-state index in [0.717, 1.165) is 47.8 Å². The Hall–Kier alpha value is -2.98. The van der Waals surface area contributed by atoms with Crippen LogP contribution in [0.3, 0.4) is 0 Å². The van der Waals surface area contributed by atoms with E-state index in [1.807, 2.05) is 29.8 Å². The summed E-state index contributed by atoms with van der Waals surface area (Å²) < 4.78 is 30.7. The molecular weight excluding hydrogens is 426 g/mol. The number of rotatable bonds is 3. The van der Waals surface area contributed by atoms with Gasteiger partial charge in [-0.15, -0.1) is 0 Å². The monoisotopic (exact) mass is 452 g/mol. The van der Waals surface area contributed by atoms with E-state index in [-0.39, 0.29) is 24.9 Å². The molecule has 4 aromatic heterocycles. The number of imidazole rings is 1. The van der Waals surface area contributed by atoms with Gasteiger partial charge in [0.1, 0.15) is 5.82 Å². The second kappa shape index (κ2) is 7.01. The molecule has 4 aromatic rings. The minimum absolute atomic E-state index is 0.166. The summed E-state index contributed by atoms with van der Waals surface area (Å²) in [6, 6.07) is 3.86. The number of nitrogens with zero attached hydrogens (tertiary/aromatic N) is 6. The summed E-state index contributed by atoms with van der Waals surface area (Å²) in [4.78, 5) is 13.6. The fraction of sp³-hybridized carbons (Fsp3) is 0.478. The van der Waals surface area contributed by atoms with Gasteiger partial charge in [0.05, 0.1) is 22.8 Å². The van der Waals surface area contributed by atoms with Crippen LogP contribution in [0, 0.1) is 6.92 Å². The van der Waals surface area contributed by atoms with Gasteiger partial charge in [0.2, 0.25) is 0 Å². The molecule has 2 fully saturated rings. The lowest BCUT2D eigenvalue weighted by Crippen LogP contribution is -2.45. The zero-order chi connectivity index (χ0) is 23.0. The lowest BCUT2D eigenvalue weighted by atomic mass is 9.80. The Labute approximate surface area is 189 Å². The smallest absolute Gasteiger partial charge is 0.252 e. The maximum atomic E-state index is 13.5. The first-order valence-corrected chi connectivity index (χ1v) is 11.3. The molecular formula is C23H26F2N8. The van der Waals surface area contributed by atoms with Crippen LogP contribution in [0.4, 0.5) is 8.78 Å². The molecule has 0 bridgehead atoms. The van der Waals surface area contributed by atoms with E-state index in [2.05, 4.69) is 15.0 Å². The summed E-state index contributed by atoms with van der Waals surface area (Å²) in [5.41, 5.74) is 16.0. The lowest BCUT2D eigenvalue weighted by Gasteiger charge is -2.36. The third-order valence-corrected chi connectivity index (χ3v) is 7.25. The molecule has 0 unspecified atom stereocenters.